The van der Waals surface area contributed by atoms with Gasteiger partial charge in [-0.15, -0.1) is 0 Å². The molecule has 0 unspecified atom stereocenters. The monoisotopic (exact) mass is 253 g/mol. The summed E-state index contributed by atoms with van der Waals surface area (Å²) in [5.74, 6) is -0.774. The van der Waals surface area contributed by atoms with Gasteiger partial charge in [0.1, 0.15) is 5.69 Å². The van der Waals surface area contributed by atoms with Crippen molar-refractivity contribution in [3.8, 4) is 0 Å². The maximum absolute atomic E-state index is 11.7. The summed E-state index contributed by atoms with van der Waals surface area (Å²) in [5.41, 5.74) is 0.438. The summed E-state index contributed by atoms with van der Waals surface area (Å²) in [4.78, 5) is 25.1. The van der Waals surface area contributed by atoms with Crippen LogP contribution < -0.4 is 5.32 Å². The molecule has 0 aliphatic rings. The van der Waals surface area contributed by atoms with Crippen LogP contribution in [0.5, 0.6) is 0 Å². The first-order chi connectivity index (χ1) is 8.58. The minimum Gasteiger partial charge on any atom is -0.395 e. The third-order valence-electron chi connectivity index (χ3n) is 2.66. The van der Waals surface area contributed by atoms with Gasteiger partial charge in [0.2, 0.25) is 5.91 Å². The van der Waals surface area contributed by atoms with E-state index >= 15 is 0 Å². The van der Waals surface area contributed by atoms with Crippen LogP contribution in [-0.4, -0.2) is 52.6 Å². The molecule has 100 valence electrons. The highest BCUT2D eigenvalue weighted by Crippen LogP contribution is 1.99. The molecule has 0 saturated carbocycles. The fourth-order valence-electron chi connectivity index (χ4n) is 1.62. The number of aliphatic hydroxyl groups excluding tert-OH is 1. The summed E-state index contributed by atoms with van der Waals surface area (Å²) in [6.07, 6.45) is 1.74. The Labute approximate surface area is 106 Å². The van der Waals surface area contributed by atoms with Crippen LogP contribution in [-0.2, 0) is 11.8 Å². The van der Waals surface area contributed by atoms with Gasteiger partial charge in [0.25, 0.3) is 5.91 Å². The van der Waals surface area contributed by atoms with Gasteiger partial charge >= 0.3 is 0 Å². The van der Waals surface area contributed by atoms with E-state index < -0.39 is 5.91 Å². The Hall–Kier alpha value is -1.66. The Kier molecular flexibility index (Phi) is 5.54. The molecule has 0 aromatic carbocycles. The van der Waals surface area contributed by atoms with Gasteiger partial charge in [0.15, 0.2) is 0 Å². The molecule has 1 aromatic heterocycles. The van der Waals surface area contributed by atoms with Gasteiger partial charge in [0, 0.05) is 19.8 Å². The van der Waals surface area contributed by atoms with Crippen molar-refractivity contribution in [2.75, 3.05) is 26.2 Å². The summed E-state index contributed by atoms with van der Waals surface area (Å²) in [5, 5.41) is 11.1. The number of hydrogen-bond donors (Lipinski definition) is 2. The number of rotatable bonds is 6. The number of amides is 2. The molecule has 2 amide bonds. The van der Waals surface area contributed by atoms with Crippen molar-refractivity contribution in [2.45, 2.75) is 6.92 Å². The Morgan fingerprint density at radius 1 is 1.50 bits per heavy atom. The Morgan fingerprint density at radius 2 is 2.22 bits per heavy atom. The van der Waals surface area contributed by atoms with E-state index in [0.29, 0.717) is 18.8 Å². The summed E-state index contributed by atoms with van der Waals surface area (Å²) < 4.78 is 1.65. The zero-order valence-electron chi connectivity index (χ0n) is 10.7. The van der Waals surface area contributed by atoms with E-state index in [0.717, 1.165) is 0 Å². The molecule has 0 atom stereocenters. The van der Waals surface area contributed by atoms with E-state index in [2.05, 4.69) is 5.32 Å². The first kappa shape index (κ1) is 14.4. The zero-order chi connectivity index (χ0) is 13.5. The molecular weight excluding hydrogens is 234 g/mol. The first-order valence-corrected chi connectivity index (χ1v) is 5.87. The summed E-state index contributed by atoms with van der Waals surface area (Å²) in [6.45, 7) is 3.05. The number of aryl methyl sites for hydroxylation is 1. The largest absolute Gasteiger partial charge is 0.395 e. The normalized spacial score (nSPS) is 10.7. The van der Waals surface area contributed by atoms with Crippen LogP contribution in [0.3, 0.4) is 0 Å². The topological polar surface area (TPSA) is 74.6 Å². The number of hydrogen-bond acceptors (Lipinski definition) is 4. The van der Waals surface area contributed by atoms with Crippen LogP contribution in [0, 0.1) is 0 Å². The van der Waals surface area contributed by atoms with Crippen LogP contribution >= 0.6 is 0 Å². The number of likely N-dealkylation sites (N-methyl/N-ethyl adjacent to an activating group) is 1. The minimum atomic E-state index is -0.410. The van der Waals surface area contributed by atoms with E-state index in [1.807, 2.05) is 6.92 Å². The van der Waals surface area contributed by atoms with Crippen LogP contribution in [0.2, 0.25) is 0 Å². The van der Waals surface area contributed by atoms with E-state index in [9.17, 15) is 9.59 Å². The van der Waals surface area contributed by atoms with Gasteiger partial charge in [-0.2, -0.15) is 0 Å². The van der Waals surface area contributed by atoms with Gasteiger partial charge in [-0.1, -0.05) is 6.92 Å². The summed E-state index contributed by atoms with van der Waals surface area (Å²) >= 11 is 0. The molecule has 0 fully saturated rings. The van der Waals surface area contributed by atoms with Gasteiger partial charge < -0.3 is 9.67 Å². The number of nitrogens with zero attached hydrogens (tertiary/aromatic N) is 2. The lowest BCUT2D eigenvalue weighted by Crippen LogP contribution is -2.41. The number of nitrogens with one attached hydrogen (secondary N) is 1. The van der Waals surface area contributed by atoms with E-state index in [-0.39, 0.29) is 19.1 Å². The molecule has 6 heteroatoms. The molecule has 6 nitrogen and oxygen atoms in total. The molecule has 0 radical (unpaired) electrons. The molecule has 0 aliphatic heterocycles. The first-order valence-electron chi connectivity index (χ1n) is 5.87. The van der Waals surface area contributed by atoms with Crippen molar-refractivity contribution in [2.24, 2.45) is 7.05 Å². The van der Waals surface area contributed by atoms with Crippen molar-refractivity contribution < 1.29 is 14.7 Å². The van der Waals surface area contributed by atoms with E-state index in [1.54, 1.807) is 34.8 Å². The third-order valence-corrected chi connectivity index (χ3v) is 2.66. The van der Waals surface area contributed by atoms with Crippen LogP contribution in [0.15, 0.2) is 18.3 Å². The lowest BCUT2D eigenvalue weighted by atomic mass is 10.4. The van der Waals surface area contributed by atoms with Crippen LogP contribution in [0.4, 0.5) is 0 Å². The second kappa shape index (κ2) is 6.93. The molecule has 0 aliphatic carbocycles. The van der Waals surface area contributed by atoms with Crippen LogP contribution in [0.1, 0.15) is 17.4 Å². The average molecular weight is 253 g/mol. The van der Waals surface area contributed by atoms with Crippen molar-refractivity contribution >= 4 is 11.8 Å². The molecule has 1 rings (SSSR count). The highest BCUT2D eigenvalue weighted by Gasteiger charge is 2.14. The third kappa shape index (κ3) is 3.97. The summed E-state index contributed by atoms with van der Waals surface area (Å²) in [7, 11) is 1.74. The standard InChI is InChI=1S/C12H19N3O3/c1-3-15(7-8-16)9-11(17)13-12(18)10-5-4-6-14(10)2/h4-6,16H,3,7-9H2,1-2H3,(H,13,17,18). The van der Waals surface area contributed by atoms with Crippen molar-refractivity contribution in [3.05, 3.63) is 24.0 Å². The van der Waals surface area contributed by atoms with Crippen LogP contribution in [0.25, 0.3) is 0 Å². The number of aliphatic hydroxyl groups is 1. The zero-order valence-corrected chi connectivity index (χ0v) is 10.7. The van der Waals surface area contributed by atoms with Crippen molar-refractivity contribution in [1.82, 2.24) is 14.8 Å². The average Bonchev–Trinajstić information content (AvgIpc) is 2.74. The number of carbonyl (C=O) groups excluding carboxylic acids is 2. The molecule has 0 saturated heterocycles. The SMILES string of the molecule is CCN(CCO)CC(=O)NC(=O)c1cccn1C. The molecule has 1 aromatic rings. The molecule has 0 spiro atoms. The maximum atomic E-state index is 11.7. The Balaban J connectivity index is 2.50. The second-order valence-corrected chi connectivity index (χ2v) is 3.97. The molecular formula is C12H19N3O3. The predicted molar refractivity (Wildman–Crippen MR) is 67.1 cm³/mol. The van der Waals surface area contributed by atoms with Crippen molar-refractivity contribution in [1.29, 1.82) is 0 Å². The fourth-order valence-corrected chi connectivity index (χ4v) is 1.62. The number of aromatic nitrogens is 1. The molecule has 18 heavy (non-hydrogen) atoms. The van der Waals surface area contributed by atoms with Gasteiger partial charge in [0.05, 0.1) is 13.2 Å². The lowest BCUT2D eigenvalue weighted by molar-refractivity contribution is -0.121. The Morgan fingerprint density at radius 3 is 2.72 bits per heavy atom. The summed E-state index contributed by atoms with van der Waals surface area (Å²) in [6, 6.07) is 3.39. The lowest BCUT2D eigenvalue weighted by Gasteiger charge is -2.17. The second-order valence-electron chi connectivity index (χ2n) is 3.97. The highest BCUT2D eigenvalue weighted by atomic mass is 16.3. The minimum absolute atomic E-state index is 0.00707. The quantitative estimate of drug-likeness (QED) is 0.723. The van der Waals surface area contributed by atoms with Gasteiger partial charge in [-0.3, -0.25) is 19.8 Å². The van der Waals surface area contributed by atoms with E-state index in [4.69, 9.17) is 5.11 Å². The predicted octanol–water partition coefficient (Wildman–Crippen LogP) is -0.404. The number of imide groups is 1. The maximum Gasteiger partial charge on any atom is 0.274 e. The highest BCUT2D eigenvalue weighted by molar-refractivity contribution is 6.04. The molecule has 0 bridgehead atoms. The fraction of sp³-hybridized carbons (Fsp3) is 0.500. The van der Waals surface area contributed by atoms with Crippen molar-refractivity contribution in [3.63, 3.8) is 0 Å². The Bertz CT molecular complexity index is 414. The number of carbonyl (C=O) groups is 2. The van der Waals surface area contributed by atoms with E-state index in [1.165, 1.54) is 0 Å². The van der Waals surface area contributed by atoms with Gasteiger partial charge in [-0.05, 0) is 18.7 Å². The molecule has 2 N–H and O–H groups in total. The van der Waals surface area contributed by atoms with Gasteiger partial charge in [-0.25, -0.2) is 0 Å². The smallest absolute Gasteiger partial charge is 0.274 e. The molecule has 1 heterocycles.